The van der Waals surface area contributed by atoms with Crippen LogP contribution in [0.15, 0.2) is 23.3 Å². The molecular formula is C15H16N6O3. The maximum absolute atomic E-state index is 12.5. The fourth-order valence-corrected chi connectivity index (χ4v) is 2.48. The van der Waals surface area contributed by atoms with Crippen LogP contribution in [-0.2, 0) is 6.54 Å². The molecule has 0 bridgehead atoms. The van der Waals surface area contributed by atoms with Crippen molar-refractivity contribution in [2.24, 2.45) is 5.73 Å². The van der Waals surface area contributed by atoms with E-state index in [4.69, 9.17) is 10.5 Å². The molecule has 0 saturated heterocycles. The van der Waals surface area contributed by atoms with E-state index in [2.05, 4.69) is 15.3 Å². The molecule has 9 nitrogen and oxygen atoms in total. The Hall–Kier alpha value is -3.23. The van der Waals surface area contributed by atoms with Crippen molar-refractivity contribution in [1.82, 2.24) is 24.4 Å². The summed E-state index contributed by atoms with van der Waals surface area (Å²) < 4.78 is 7.67. The molecule has 124 valence electrons. The van der Waals surface area contributed by atoms with Crippen molar-refractivity contribution >= 4 is 11.6 Å². The smallest absolute Gasteiger partial charge is 0.353 e. The van der Waals surface area contributed by atoms with E-state index in [0.717, 1.165) is 26.8 Å². The standard InChI is InChI=1S/C15H16N6O3/c1-8-4-10(5-11(24-3)9(8)2)6-21-15(23)20-7-17-12(13(16)22)14(20)18-19-21/h4-5,7H,6H2,1-3H3,(H2,16,22). The SMILES string of the molecule is COc1cc(Cn2nnc3c(C(N)=O)ncn3c2=O)cc(C)c1C. The molecular weight excluding hydrogens is 312 g/mol. The first kappa shape index (κ1) is 15.7. The van der Waals surface area contributed by atoms with Gasteiger partial charge in [-0.1, -0.05) is 11.3 Å². The lowest BCUT2D eigenvalue weighted by atomic mass is 10.0. The van der Waals surface area contributed by atoms with E-state index in [1.165, 1.54) is 11.0 Å². The molecule has 24 heavy (non-hydrogen) atoms. The van der Waals surface area contributed by atoms with E-state index in [1.807, 2.05) is 26.0 Å². The van der Waals surface area contributed by atoms with Crippen LogP contribution >= 0.6 is 0 Å². The van der Waals surface area contributed by atoms with Crippen LogP contribution in [0.25, 0.3) is 5.65 Å². The molecule has 2 N–H and O–H groups in total. The van der Waals surface area contributed by atoms with E-state index in [1.54, 1.807) is 7.11 Å². The second-order valence-corrected chi connectivity index (χ2v) is 5.42. The lowest BCUT2D eigenvalue weighted by molar-refractivity contribution is 0.0997. The largest absolute Gasteiger partial charge is 0.496 e. The first-order chi connectivity index (χ1) is 11.4. The molecule has 0 atom stereocenters. The fourth-order valence-electron chi connectivity index (χ4n) is 2.48. The molecule has 9 heteroatoms. The maximum Gasteiger partial charge on any atom is 0.353 e. The van der Waals surface area contributed by atoms with Gasteiger partial charge in [0.15, 0.2) is 11.3 Å². The molecule has 3 aromatic rings. The Balaban J connectivity index is 2.05. The van der Waals surface area contributed by atoms with Crippen molar-refractivity contribution in [2.45, 2.75) is 20.4 Å². The van der Waals surface area contributed by atoms with Gasteiger partial charge in [-0.2, -0.15) is 4.68 Å². The summed E-state index contributed by atoms with van der Waals surface area (Å²) >= 11 is 0. The number of carbonyl (C=O) groups excluding carboxylic acids is 1. The summed E-state index contributed by atoms with van der Waals surface area (Å²) in [5, 5.41) is 7.75. The highest BCUT2D eigenvalue weighted by Gasteiger charge is 2.15. The van der Waals surface area contributed by atoms with E-state index in [-0.39, 0.29) is 17.9 Å². The highest BCUT2D eigenvalue weighted by Crippen LogP contribution is 2.23. The number of amides is 1. The number of ether oxygens (including phenoxy) is 1. The number of hydrogen-bond acceptors (Lipinski definition) is 6. The molecule has 2 heterocycles. The minimum Gasteiger partial charge on any atom is -0.496 e. The average molecular weight is 328 g/mol. The van der Waals surface area contributed by atoms with Gasteiger partial charge in [0.2, 0.25) is 0 Å². The quantitative estimate of drug-likeness (QED) is 0.723. The Kier molecular flexibility index (Phi) is 3.76. The number of nitrogens with zero attached hydrogens (tertiary/aromatic N) is 5. The van der Waals surface area contributed by atoms with Crippen LogP contribution in [0.4, 0.5) is 0 Å². The van der Waals surface area contributed by atoms with Gasteiger partial charge in [0.05, 0.1) is 13.7 Å². The summed E-state index contributed by atoms with van der Waals surface area (Å²) in [6.45, 7) is 4.14. The van der Waals surface area contributed by atoms with Crippen molar-refractivity contribution in [3.63, 3.8) is 0 Å². The molecule has 0 aliphatic rings. The number of imidazole rings is 1. The second kappa shape index (κ2) is 5.76. The number of hydrogen-bond donors (Lipinski definition) is 1. The molecule has 0 aliphatic carbocycles. The van der Waals surface area contributed by atoms with E-state index in [0.29, 0.717) is 0 Å². The molecule has 1 aromatic carbocycles. The highest BCUT2D eigenvalue weighted by atomic mass is 16.5. The van der Waals surface area contributed by atoms with Gasteiger partial charge in [0.1, 0.15) is 12.1 Å². The maximum atomic E-state index is 12.5. The summed E-state index contributed by atoms with van der Waals surface area (Å²) in [7, 11) is 1.60. The minimum absolute atomic E-state index is 0.0430. The topological polar surface area (TPSA) is 117 Å². The monoisotopic (exact) mass is 328 g/mol. The number of methoxy groups -OCH3 is 1. The predicted octanol–water partition coefficient (Wildman–Crippen LogP) is 0.0586. The number of aryl methyl sites for hydroxylation is 1. The third kappa shape index (κ3) is 2.49. The number of carbonyl (C=O) groups is 1. The van der Waals surface area contributed by atoms with E-state index >= 15 is 0 Å². The van der Waals surface area contributed by atoms with Crippen LogP contribution < -0.4 is 16.2 Å². The zero-order valence-electron chi connectivity index (χ0n) is 13.5. The normalized spacial score (nSPS) is 11.0. The highest BCUT2D eigenvalue weighted by molar-refractivity contribution is 5.96. The van der Waals surface area contributed by atoms with Gasteiger partial charge in [-0.05, 0) is 36.6 Å². The van der Waals surface area contributed by atoms with Crippen LogP contribution in [-0.4, -0.2) is 37.4 Å². The summed E-state index contributed by atoms with van der Waals surface area (Å²) in [6.07, 6.45) is 1.21. The summed E-state index contributed by atoms with van der Waals surface area (Å²) in [5.41, 5.74) is 7.62. The average Bonchev–Trinajstić information content (AvgIpc) is 2.98. The van der Waals surface area contributed by atoms with Crippen molar-refractivity contribution < 1.29 is 9.53 Å². The molecule has 0 spiro atoms. The zero-order chi connectivity index (χ0) is 17.4. The molecule has 0 aliphatic heterocycles. The summed E-state index contributed by atoms with van der Waals surface area (Å²) in [5.74, 6) is -0.0198. The van der Waals surface area contributed by atoms with Crippen molar-refractivity contribution in [1.29, 1.82) is 0 Å². The van der Waals surface area contributed by atoms with Gasteiger partial charge in [-0.3, -0.25) is 4.79 Å². The van der Waals surface area contributed by atoms with Gasteiger partial charge in [0, 0.05) is 0 Å². The third-order valence-electron chi connectivity index (χ3n) is 3.88. The Morgan fingerprint density at radius 2 is 2.08 bits per heavy atom. The Morgan fingerprint density at radius 3 is 2.75 bits per heavy atom. The van der Waals surface area contributed by atoms with Gasteiger partial charge in [-0.25, -0.2) is 14.2 Å². The van der Waals surface area contributed by atoms with Crippen LogP contribution in [0.1, 0.15) is 27.2 Å². The van der Waals surface area contributed by atoms with Crippen LogP contribution in [0.2, 0.25) is 0 Å². The molecule has 2 aromatic heterocycles. The van der Waals surface area contributed by atoms with Crippen molar-refractivity contribution in [2.75, 3.05) is 7.11 Å². The van der Waals surface area contributed by atoms with Crippen LogP contribution in [0.5, 0.6) is 5.75 Å². The van der Waals surface area contributed by atoms with Gasteiger partial charge in [-0.15, -0.1) is 5.10 Å². The first-order valence-corrected chi connectivity index (χ1v) is 7.17. The lowest BCUT2D eigenvalue weighted by Crippen LogP contribution is -2.30. The van der Waals surface area contributed by atoms with Crippen LogP contribution in [0, 0.1) is 13.8 Å². The Bertz CT molecular complexity index is 1000. The zero-order valence-corrected chi connectivity index (χ0v) is 13.5. The number of primary amides is 1. The molecule has 3 rings (SSSR count). The summed E-state index contributed by atoms with van der Waals surface area (Å²) in [4.78, 5) is 27.5. The molecule has 0 unspecified atom stereocenters. The summed E-state index contributed by atoms with van der Waals surface area (Å²) in [6, 6.07) is 3.81. The molecule has 0 fully saturated rings. The number of fused-ring (bicyclic) bond motifs is 1. The Labute approximate surface area is 136 Å². The number of benzene rings is 1. The number of rotatable bonds is 4. The molecule has 0 saturated carbocycles. The third-order valence-corrected chi connectivity index (χ3v) is 3.88. The van der Waals surface area contributed by atoms with Gasteiger partial charge >= 0.3 is 5.69 Å². The molecule has 0 radical (unpaired) electrons. The number of aromatic nitrogens is 5. The van der Waals surface area contributed by atoms with E-state index in [9.17, 15) is 9.59 Å². The lowest BCUT2D eigenvalue weighted by Gasteiger charge is -2.11. The number of nitrogens with two attached hydrogens (primary N) is 1. The van der Waals surface area contributed by atoms with Crippen molar-refractivity contribution in [3.8, 4) is 5.75 Å². The first-order valence-electron chi connectivity index (χ1n) is 7.17. The minimum atomic E-state index is -0.761. The fraction of sp³-hybridized carbons (Fsp3) is 0.267. The Morgan fingerprint density at radius 1 is 1.33 bits per heavy atom. The second-order valence-electron chi connectivity index (χ2n) is 5.42. The van der Waals surface area contributed by atoms with Crippen LogP contribution in [0.3, 0.4) is 0 Å². The van der Waals surface area contributed by atoms with Crippen molar-refractivity contribution in [3.05, 3.63) is 51.3 Å². The van der Waals surface area contributed by atoms with Gasteiger partial charge in [0.25, 0.3) is 5.91 Å². The predicted molar refractivity (Wildman–Crippen MR) is 85.1 cm³/mol. The van der Waals surface area contributed by atoms with E-state index < -0.39 is 11.6 Å². The van der Waals surface area contributed by atoms with Gasteiger partial charge < -0.3 is 10.5 Å². The molecule has 1 amide bonds.